The molecule has 29 heavy (non-hydrogen) atoms. The van der Waals surface area contributed by atoms with Crippen LogP contribution in [0.5, 0.6) is 5.75 Å². The van der Waals surface area contributed by atoms with E-state index in [9.17, 15) is 9.59 Å². The molecule has 0 N–H and O–H groups in total. The summed E-state index contributed by atoms with van der Waals surface area (Å²) in [5.74, 6) is 0.422. The number of rotatable bonds is 5. The van der Waals surface area contributed by atoms with E-state index in [1.54, 1.807) is 24.3 Å². The van der Waals surface area contributed by atoms with Gasteiger partial charge in [-0.05, 0) is 43.3 Å². The lowest BCUT2D eigenvalue weighted by Crippen LogP contribution is -2.52. The predicted molar refractivity (Wildman–Crippen MR) is 114 cm³/mol. The third-order valence-electron chi connectivity index (χ3n) is 5.48. The largest absolute Gasteiger partial charge is 0.494 e. The fourth-order valence-corrected chi connectivity index (χ4v) is 4.27. The molecule has 2 fully saturated rings. The Hall–Kier alpha value is -2.57. The van der Waals surface area contributed by atoms with Crippen molar-refractivity contribution in [1.29, 1.82) is 0 Å². The van der Waals surface area contributed by atoms with Gasteiger partial charge in [-0.25, -0.2) is 4.90 Å². The van der Waals surface area contributed by atoms with Gasteiger partial charge in [-0.2, -0.15) is 0 Å². The summed E-state index contributed by atoms with van der Waals surface area (Å²) in [6.45, 7) is 5.45. The van der Waals surface area contributed by atoms with Gasteiger partial charge >= 0.3 is 0 Å². The molecule has 2 saturated heterocycles. The molecule has 2 aliphatic heterocycles. The normalized spacial score (nSPS) is 20.4. The molecule has 1 unspecified atom stereocenters. The van der Waals surface area contributed by atoms with Gasteiger partial charge in [0.2, 0.25) is 5.91 Å². The summed E-state index contributed by atoms with van der Waals surface area (Å²) in [6.07, 6.45) is 0.220. The number of ether oxygens (including phenoxy) is 1. The highest BCUT2D eigenvalue weighted by Gasteiger charge is 2.43. The van der Waals surface area contributed by atoms with Crippen LogP contribution in [0.3, 0.4) is 0 Å². The summed E-state index contributed by atoms with van der Waals surface area (Å²) in [6, 6.07) is 14.5. The Morgan fingerprint density at radius 3 is 2.34 bits per heavy atom. The molecule has 0 aromatic heterocycles. The number of para-hydroxylation sites is 1. The molecule has 4 rings (SSSR count). The van der Waals surface area contributed by atoms with Crippen molar-refractivity contribution >= 4 is 34.8 Å². The summed E-state index contributed by atoms with van der Waals surface area (Å²) in [7, 11) is 0. The van der Waals surface area contributed by atoms with Gasteiger partial charge in [-0.3, -0.25) is 14.5 Å². The van der Waals surface area contributed by atoms with E-state index in [1.807, 2.05) is 31.2 Å². The number of benzene rings is 2. The second-order valence-electron chi connectivity index (χ2n) is 7.19. The Morgan fingerprint density at radius 1 is 1.00 bits per heavy atom. The maximum Gasteiger partial charge on any atom is 0.251 e. The number of hydrogen-bond donors (Lipinski definition) is 0. The van der Waals surface area contributed by atoms with Gasteiger partial charge in [0, 0.05) is 26.2 Å². The third-order valence-corrected chi connectivity index (χ3v) is 5.80. The van der Waals surface area contributed by atoms with Crippen molar-refractivity contribution in [1.82, 2.24) is 4.90 Å². The molecule has 2 aliphatic rings. The summed E-state index contributed by atoms with van der Waals surface area (Å²) >= 11 is 6.31. The van der Waals surface area contributed by atoms with E-state index in [0.717, 1.165) is 29.5 Å². The molecule has 0 bridgehead atoms. The summed E-state index contributed by atoms with van der Waals surface area (Å²) in [5, 5.41) is 0.731. The van der Waals surface area contributed by atoms with Crippen LogP contribution in [0.25, 0.3) is 0 Å². The number of piperazine rings is 1. The van der Waals surface area contributed by atoms with Crippen LogP contribution >= 0.6 is 11.6 Å². The zero-order valence-electron chi connectivity index (χ0n) is 16.4. The molecule has 0 radical (unpaired) electrons. The maximum absolute atomic E-state index is 13.0. The average Bonchev–Trinajstić information content (AvgIpc) is 3.03. The number of imide groups is 1. The number of carbonyl (C=O) groups is 2. The molecule has 2 amide bonds. The van der Waals surface area contributed by atoms with Crippen LogP contribution in [-0.4, -0.2) is 55.5 Å². The number of hydrogen-bond acceptors (Lipinski definition) is 5. The van der Waals surface area contributed by atoms with Crippen LogP contribution in [0, 0.1) is 0 Å². The van der Waals surface area contributed by atoms with Gasteiger partial charge in [0.25, 0.3) is 5.91 Å². The lowest BCUT2D eigenvalue weighted by Gasteiger charge is -2.38. The first-order valence-corrected chi connectivity index (χ1v) is 10.3. The molecule has 6 nitrogen and oxygen atoms in total. The van der Waals surface area contributed by atoms with E-state index in [0.29, 0.717) is 25.4 Å². The van der Waals surface area contributed by atoms with E-state index in [2.05, 4.69) is 9.80 Å². The minimum absolute atomic E-state index is 0.148. The molecule has 0 aliphatic carbocycles. The predicted octanol–water partition coefficient (Wildman–Crippen LogP) is 3.19. The number of amides is 2. The molecule has 0 spiro atoms. The van der Waals surface area contributed by atoms with Crippen LogP contribution in [-0.2, 0) is 9.59 Å². The van der Waals surface area contributed by atoms with Crippen LogP contribution < -0.4 is 14.5 Å². The Balaban J connectivity index is 1.42. The van der Waals surface area contributed by atoms with Crippen LogP contribution in [0.15, 0.2) is 48.5 Å². The molecule has 2 aromatic carbocycles. The standard InChI is InChI=1S/C22H24ClN3O3/c1-2-29-17-9-7-16(8-10-17)26-21(27)15-20(22(26)28)25-13-11-24(12-14-25)19-6-4-3-5-18(19)23/h3-10,20H,2,11-15H2,1H3. The molecule has 1 atom stereocenters. The van der Waals surface area contributed by atoms with Gasteiger partial charge in [0.05, 0.1) is 35.5 Å². The van der Waals surface area contributed by atoms with E-state index in [1.165, 1.54) is 4.90 Å². The van der Waals surface area contributed by atoms with Crippen LogP contribution in [0.1, 0.15) is 13.3 Å². The summed E-state index contributed by atoms with van der Waals surface area (Å²) < 4.78 is 5.44. The minimum atomic E-state index is -0.400. The van der Waals surface area contributed by atoms with E-state index >= 15 is 0 Å². The Morgan fingerprint density at radius 2 is 1.69 bits per heavy atom. The lowest BCUT2D eigenvalue weighted by atomic mass is 10.1. The van der Waals surface area contributed by atoms with Gasteiger partial charge in [0.1, 0.15) is 5.75 Å². The van der Waals surface area contributed by atoms with Gasteiger partial charge in [0.15, 0.2) is 0 Å². The van der Waals surface area contributed by atoms with Crippen molar-refractivity contribution in [2.75, 3.05) is 42.6 Å². The lowest BCUT2D eigenvalue weighted by molar-refractivity contribution is -0.123. The Bertz CT molecular complexity index is 894. The zero-order valence-corrected chi connectivity index (χ0v) is 17.1. The Labute approximate surface area is 175 Å². The maximum atomic E-state index is 13.0. The first-order chi connectivity index (χ1) is 14.1. The second-order valence-corrected chi connectivity index (χ2v) is 7.60. The van der Waals surface area contributed by atoms with Crippen LogP contribution in [0.2, 0.25) is 5.02 Å². The van der Waals surface area contributed by atoms with Gasteiger partial charge < -0.3 is 9.64 Å². The molecular weight excluding hydrogens is 390 g/mol. The number of anilines is 2. The average molecular weight is 414 g/mol. The monoisotopic (exact) mass is 413 g/mol. The highest BCUT2D eigenvalue weighted by molar-refractivity contribution is 6.33. The van der Waals surface area contributed by atoms with Crippen molar-refractivity contribution in [2.45, 2.75) is 19.4 Å². The summed E-state index contributed by atoms with van der Waals surface area (Å²) in [4.78, 5) is 31.3. The molecule has 2 heterocycles. The van der Waals surface area contributed by atoms with E-state index in [4.69, 9.17) is 16.3 Å². The fourth-order valence-electron chi connectivity index (χ4n) is 4.01. The molecule has 2 aromatic rings. The van der Waals surface area contributed by atoms with Crippen molar-refractivity contribution in [3.8, 4) is 5.75 Å². The highest BCUT2D eigenvalue weighted by atomic mass is 35.5. The van der Waals surface area contributed by atoms with Crippen molar-refractivity contribution in [3.05, 3.63) is 53.6 Å². The third kappa shape index (κ3) is 3.95. The topological polar surface area (TPSA) is 53.1 Å². The molecule has 152 valence electrons. The van der Waals surface area contributed by atoms with E-state index in [-0.39, 0.29) is 18.2 Å². The summed E-state index contributed by atoms with van der Waals surface area (Å²) in [5.41, 5.74) is 1.61. The number of halogens is 1. The van der Waals surface area contributed by atoms with Crippen molar-refractivity contribution in [3.63, 3.8) is 0 Å². The Kier molecular flexibility index (Phi) is 5.74. The SMILES string of the molecule is CCOc1ccc(N2C(=O)CC(N3CCN(c4ccccc4Cl)CC3)C2=O)cc1. The van der Waals surface area contributed by atoms with Crippen molar-refractivity contribution < 1.29 is 14.3 Å². The van der Waals surface area contributed by atoms with Gasteiger partial charge in [-0.1, -0.05) is 23.7 Å². The highest BCUT2D eigenvalue weighted by Crippen LogP contribution is 2.30. The van der Waals surface area contributed by atoms with Crippen LogP contribution in [0.4, 0.5) is 11.4 Å². The van der Waals surface area contributed by atoms with Gasteiger partial charge in [-0.15, -0.1) is 0 Å². The first kappa shape index (κ1) is 19.7. The molecular formula is C22H24ClN3O3. The molecule has 7 heteroatoms. The zero-order chi connectivity index (χ0) is 20.4. The quantitative estimate of drug-likeness (QED) is 0.704. The second kappa shape index (κ2) is 8.43. The number of carbonyl (C=O) groups excluding carboxylic acids is 2. The smallest absolute Gasteiger partial charge is 0.251 e. The fraction of sp³-hybridized carbons (Fsp3) is 0.364. The van der Waals surface area contributed by atoms with Crippen molar-refractivity contribution in [2.24, 2.45) is 0 Å². The number of nitrogens with zero attached hydrogens (tertiary/aromatic N) is 3. The first-order valence-electron chi connectivity index (χ1n) is 9.91. The van der Waals surface area contributed by atoms with E-state index < -0.39 is 6.04 Å². The molecule has 0 saturated carbocycles. The minimum Gasteiger partial charge on any atom is -0.494 e.